The Kier molecular flexibility index (Phi) is 8.90. The molecular formula is C12H30B3N3. The quantitative estimate of drug-likeness (QED) is 0.549. The van der Waals surface area contributed by atoms with Crippen LogP contribution in [0.3, 0.4) is 0 Å². The van der Waals surface area contributed by atoms with Crippen molar-refractivity contribution in [3.8, 4) is 0 Å². The van der Waals surface area contributed by atoms with Crippen LogP contribution in [-0.4, -0.2) is 20.9 Å². The van der Waals surface area contributed by atoms with Gasteiger partial charge in [-0.1, -0.05) is 59.3 Å². The molecule has 102 valence electrons. The van der Waals surface area contributed by atoms with Gasteiger partial charge in [0.2, 0.25) is 0 Å². The Morgan fingerprint density at radius 2 is 0.833 bits per heavy atom. The van der Waals surface area contributed by atoms with E-state index in [-0.39, 0.29) is 0 Å². The second-order valence-corrected chi connectivity index (χ2v) is 5.58. The molecule has 0 aromatic carbocycles. The van der Waals surface area contributed by atoms with Gasteiger partial charge in [0, 0.05) is 0 Å². The van der Waals surface area contributed by atoms with E-state index < -0.39 is 0 Å². The van der Waals surface area contributed by atoms with Crippen LogP contribution in [0.4, 0.5) is 0 Å². The molecule has 0 spiro atoms. The minimum absolute atomic E-state index is 0.509. The SMILES string of the molecule is CCCCB1NB(CCCC)NB(CCCC)N1. The van der Waals surface area contributed by atoms with Gasteiger partial charge in [0.25, 0.3) is 20.9 Å². The summed E-state index contributed by atoms with van der Waals surface area (Å²) in [5, 5.41) is 11.1. The third-order valence-corrected chi connectivity index (χ3v) is 3.75. The topological polar surface area (TPSA) is 36.1 Å². The van der Waals surface area contributed by atoms with Gasteiger partial charge >= 0.3 is 0 Å². The maximum absolute atomic E-state index is 3.71. The lowest BCUT2D eigenvalue weighted by Gasteiger charge is -2.33. The van der Waals surface area contributed by atoms with Crippen LogP contribution in [0, 0.1) is 0 Å². The zero-order valence-corrected chi connectivity index (χ0v) is 12.6. The molecule has 3 N–H and O–H groups in total. The number of nitrogens with one attached hydrogen (secondary N) is 3. The molecule has 0 unspecified atom stereocenters. The molecule has 0 amide bonds. The van der Waals surface area contributed by atoms with E-state index in [9.17, 15) is 0 Å². The van der Waals surface area contributed by atoms with Crippen molar-refractivity contribution in [2.24, 2.45) is 0 Å². The van der Waals surface area contributed by atoms with Gasteiger partial charge in [-0.2, -0.15) is 0 Å². The molecule has 0 radical (unpaired) electrons. The minimum atomic E-state index is 0.509. The number of hydrogen-bond donors (Lipinski definition) is 3. The van der Waals surface area contributed by atoms with Crippen molar-refractivity contribution in [3.63, 3.8) is 0 Å². The average Bonchev–Trinajstić information content (AvgIpc) is 2.40. The molecule has 1 rings (SSSR count). The van der Waals surface area contributed by atoms with Crippen molar-refractivity contribution < 1.29 is 0 Å². The van der Waals surface area contributed by atoms with Crippen molar-refractivity contribution in [1.29, 1.82) is 0 Å². The molecular weight excluding hydrogens is 219 g/mol. The van der Waals surface area contributed by atoms with Crippen LogP contribution in [0.25, 0.3) is 0 Å². The summed E-state index contributed by atoms with van der Waals surface area (Å²) in [6.07, 6.45) is 11.5. The number of unbranched alkanes of at least 4 members (excludes halogenated alkanes) is 3. The molecule has 1 aliphatic heterocycles. The van der Waals surface area contributed by atoms with Crippen molar-refractivity contribution in [3.05, 3.63) is 0 Å². The highest BCUT2D eigenvalue weighted by molar-refractivity contribution is 6.87. The predicted octanol–water partition coefficient (Wildman–Crippen LogP) is 2.63. The largest absolute Gasteiger partial charge is 0.371 e. The molecule has 6 heteroatoms. The molecule has 18 heavy (non-hydrogen) atoms. The van der Waals surface area contributed by atoms with E-state index in [1.807, 2.05) is 0 Å². The molecule has 0 aliphatic carbocycles. The van der Waals surface area contributed by atoms with Gasteiger partial charge in [-0.05, 0) is 19.0 Å². The molecule has 0 bridgehead atoms. The van der Waals surface area contributed by atoms with Gasteiger partial charge in [-0.25, -0.2) is 0 Å². The lowest BCUT2D eigenvalue weighted by Crippen LogP contribution is -2.74. The lowest BCUT2D eigenvalue weighted by atomic mass is 9.45. The third kappa shape index (κ3) is 6.30. The van der Waals surface area contributed by atoms with Gasteiger partial charge in [0.15, 0.2) is 0 Å². The highest BCUT2D eigenvalue weighted by Gasteiger charge is 2.33. The smallest absolute Gasteiger partial charge is 0.284 e. The summed E-state index contributed by atoms with van der Waals surface area (Å²) >= 11 is 0. The van der Waals surface area contributed by atoms with Crippen LogP contribution in [0.1, 0.15) is 59.3 Å². The lowest BCUT2D eigenvalue weighted by molar-refractivity contribution is 0.831. The van der Waals surface area contributed by atoms with Gasteiger partial charge in [0.1, 0.15) is 0 Å². The summed E-state index contributed by atoms with van der Waals surface area (Å²) in [4.78, 5) is 0. The Morgan fingerprint density at radius 1 is 0.556 bits per heavy atom. The zero-order valence-electron chi connectivity index (χ0n) is 12.6. The van der Waals surface area contributed by atoms with E-state index in [1.54, 1.807) is 0 Å². The summed E-state index contributed by atoms with van der Waals surface area (Å²) in [6, 6.07) is 0. The van der Waals surface area contributed by atoms with E-state index in [1.165, 1.54) is 57.5 Å². The Bertz CT molecular complexity index is 168. The van der Waals surface area contributed by atoms with Crippen LogP contribution < -0.4 is 15.4 Å². The predicted molar refractivity (Wildman–Crippen MR) is 85.8 cm³/mol. The monoisotopic (exact) mass is 249 g/mol. The van der Waals surface area contributed by atoms with Gasteiger partial charge in [-0.15, -0.1) is 0 Å². The highest BCUT2D eigenvalue weighted by atomic mass is 15.0. The maximum Gasteiger partial charge on any atom is 0.284 e. The molecule has 0 saturated carbocycles. The van der Waals surface area contributed by atoms with Gasteiger partial charge in [0.05, 0.1) is 0 Å². The molecule has 3 nitrogen and oxygen atoms in total. The van der Waals surface area contributed by atoms with Crippen LogP contribution >= 0.6 is 0 Å². The molecule has 1 fully saturated rings. The van der Waals surface area contributed by atoms with Crippen molar-refractivity contribution in [2.45, 2.75) is 78.3 Å². The highest BCUT2D eigenvalue weighted by Crippen LogP contribution is 2.07. The first-order valence-corrected chi connectivity index (χ1v) is 8.08. The van der Waals surface area contributed by atoms with Gasteiger partial charge in [-0.3, -0.25) is 0 Å². The number of rotatable bonds is 9. The van der Waals surface area contributed by atoms with Crippen LogP contribution in [0.2, 0.25) is 19.0 Å². The Labute approximate surface area is 115 Å². The summed E-state index contributed by atoms with van der Waals surface area (Å²) in [7, 11) is 0. The van der Waals surface area contributed by atoms with E-state index in [0.29, 0.717) is 20.9 Å². The second kappa shape index (κ2) is 9.93. The molecule has 1 saturated heterocycles. The van der Waals surface area contributed by atoms with Crippen molar-refractivity contribution in [2.75, 3.05) is 0 Å². The van der Waals surface area contributed by atoms with Crippen molar-refractivity contribution >= 4 is 20.9 Å². The third-order valence-electron chi connectivity index (χ3n) is 3.75. The first-order valence-electron chi connectivity index (χ1n) is 8.08. The van der Waals surface area contributed by atoms with Crippen molar-refractivity contribution in [1.82, 2.24) is 15.4 Å². The zero-order chi connectivity index (χ0) is 13.2. The van der Waals surface area contributed by atoms with Crippen LogP contribution in [0.5, 0.6) is 0 Å². The fourth-order valence-corrected chi connectivity index (χ4v) is 2.60. The Morgan fingerprint density at radius 3 is 1.06 bits per heavy atom. The first kappa shape index (κ1) is 16.1. The first-order chi connectivity index (χ1) is 8.80. The molecule has 1 heterocycles. The summed E-state index contributed by atoms with van der Waals surface area (Å²) in [5.74, 6) is 0. The second-order valence-electron chi connectivity index (χ2n) is 5.58. The number of hydrogen-bond acceptors (Lipinski definition) is 3. The van der Waals surface area contributed by atoms with E-state index >= 15 is 0 Å². The Balaban J connectivity index is 2.38. The summed E-state index contributed by atoms with van der Waals surface area (Å²) in [6.45, 7) is 8.33. The standard InChI is InChI=1S/C12H30B3N3/c1-4-7-10-13-16-14(11-8-5-2)18-15(17-13)12-9-6-3/h16-18H,4-12H2,1-3H3. The minimum Gasteiger partial charge on any atom is -0.371 e. The molecule has 0 aromatic rings. The normalized spacial score (nSPS) is 16.5. The van der Waals surface area contributed by atoms with E-state index in [2.05, 4.69) is 36.2 Å². The Hall–Kier alpha value is 0.0748. The van der Waals surface area contributed by atoms with E-state index in [4.69, 9.17) is 0 Å². The van der Waals surface area contributed by atoms with Crippen LogP contribution in [0.15, 0.2) is 0 Å². The summed E-state index contributed by atoms with van der Waals surface area (Å²) in [5.41, 5.74) is 0. The molecule has 1 aliphatic rings. The average molecular weight is 249 g/mol. The fourth-order valence-electron chi connectivity index (χ4n) is 2.60. The summed E-state index contributed by atoms with van der Waals surface area (Å²) < 4.78 is 0. The van der Waals surface area contributed by atoms with Gasteiger partial charge < -0.3 is 15.4 Å². The maximum atomic E-state index is 3.71. The van der Waals surface area contributed by atoms with Crippen LogP contribution in [-0.2, 0) is 0 Å². The molecule has 0 aromatic heterocycles. The fraction of sp³-hybridized carbons (Fsp3) is 1.00. The van der Waals surface area contributed by atoms with E-state index in [0.717, 1.165) is 0 Å². The molecule has 0 atom stereocenters.